The Hall–Kier alpha value is -0.850. The fourth-order valence-electron chi connectivity index (χ4n) is 1.23. The van der Waals surface area contributed by atoms with Gasteiger partial charge in [-0.2, -0.15) is 0 Å². The Morgan fingerprint density at radius 2 is 2.24 bits per heavy atom. The molecule has 0 heterocycles. The number of aromatic hydroxyl groups is 1. The van der Waals surface area contributed by atoms with E-state index in [0.717, 1.165) is 0 Å². The van der Waals surface area contributed by atoms with Crippen molar-refractivity contribution in [3.63, 3.8) is 0 Å². The Morgan fingerprint density at radius 3 is 2.76 bits per heavy atom. The summed E-state index contributed by atoms with van der Waals surface area (Å²) >= 11 is 2.93. The van der Waals surface area contributed by atoms with Gasteiger partial charge < -0.3 is 15.6 Å². The van der Waals surface area contributed by atoms with Gasteiger partial charge in [-0.1, -0.05) is 6.07 Å². The highest BCUT2D eigenvalue weighted by molar-refractivity contribution is 9.10. The summed E-state index contributed by atoms with van der Waals surface area (Å²) in [4.78, 5) is 11.0. The lowest BCUT2D eigenvalue weighted by Crippen LogP contribution is -2.16. The van der Waals surface area contributed by atoms with Crippen molar-refractivity contribution >= 4 is 34.3 Å². The first-order valence-electron chi connectivity index (χ1n) is 4.46. The van der Waals surface area contributed by atoms with Crippen LogP contribution in [0.4, 0.5) is 4.39 Å². The standard InChI is InChI=1S/C10H11BrFNO3.ClH/c1-16-8(14)4-7(13)5-2-3-6(11)9(12)10(5)15;/h2-3,7,15H,4,13H2,1H3;1H/t7-;/m0./s1. The number of ether oxygens (including phenoxy) is 1. The third-order valence-electron chi connectivity index (χ3n) is 2.11. The molecular formula is C10H12BrClFNO3. The number of hydrogen-bond acceptors (Lipinski definition) is 4. The van der Waals surface area contributed by atoms with E-state index in [-0.39, 0.29) is 28.9 Å². The first kappa shape index (κ1) is 16.1. The first-order valence-corrected chi connectivity index (χ1v) is 5.26. The van der Waals surface area contributed by atoms with Crippen LogP contribution in [-0.4, -0.2) is 18.2 Å². The Bertz CT molecular complexity index is 417. The smallest absolute Gasteiger partial charge is 0.307 e. The molecule has 0 unspecified atom stereocenters. The number of phenolic OH excluding ortho intramolecular Hbond substituents is 1. The van der Waals surface area contributed by atoms with Crippen molar-refractivity contribution in [1.29, 1.82) is 0 Å². The van der Waals surface area contributed by atoms with Gasteiger partial charge in [0.15, 0.2) is 11.6 Å². The molecular weight excluding hydrogens is 316 g/mol. The van der Waals surface area contributed by atoms with Crippen LogP contribution in [0.2, 0.25) is 0 Å². The highest BCUT2D eigenvalue weighted by Crippen LogP contribution is 2.32. The molecule has 96 valence electrons. The van der Waals surface area contributed by atoms with Gasteiger partial charge in [-0.25, -0.2) is 4.39 Å². The van der Waals surface area contributed by atoms with E-state index in [0.29, 0.717) is 0 Å². The molecule has 0 amide bonds. The second-order valence-electron chi connectivity index (χ2n) is 3.19. The number of carbonyl (C=O) groups excluding carboxylic acids is 1. The van der Waals surface area contributed by atoms with E-state index in [4.69, 9.17) is 5.73 Å². The summed E-state index contributed by atoms with van der Waals surface area (Å²) in [5.74, 6) is -1.86. The topological polar surface area (TPSA) is 72.5 Å². The van der Waals surface area contributed by atoms with Crippen molar-refractivity contribution in [2.45, 2.75) is 12.5 Å². The van der Waals surface area contributed by atoms with Crippen LogP contribution in [0.5, 0.6) is 5.75 Å². The first-order chi connectivity index (χ1) is 7.47. The molecule has 0 saturated carbocycles. The SMILES string of the molecule is COC(=O)C[C@H](N)c1ccc(Br)c(F)c1O.Cl. The molecule has 1 aromatic rings. The molecule has 0 aromatic heterocycles. The molecule has 1 rings (SSSR count). The minimum absolute atomic E-state index is 0. The fourth-order valence-corrected chi connectivity index (χ4v) is 1.55. The number of nitrogens with two attached hydrogens (primary N) is 1. The van der Waals surface area contributed by atoms with Crippen molar-refractivity contribution in [2.75, 3.05) is 7.11 Å². The van der Waals surface area contributed by atoms with Crippen molar-refractivity contribution in [2.24, 2.45) is 5.73 Å². The van der Waals surface area contributed by atoms with E-state index < -0.39 is 23.6 Å². The highest BCUT2D eigenvalue weighted by Gasteiger charge is 2.19. The summed E-state index contributed by atoms with van der Waals surface area (Å²) in [6, 6.07) is 2.08. The Balaban J connectivity index is 0.00000256. The molecule has 17 heavy (non-hydrogen) atoms. The summed E-state index contributed by atoms with van der Waals surface area (Å²) in [6.07, 6.45) is -0.120. The van der Waals surface area contributed by atoms with E-state index in [1.54, 1.807) is 0 Å². The lowest BCUT2D eigenvalue weighted by Gasteiger charge is -2.13. The zero-order valence-electron chi connectivity index (χ0n) is 8.94. The zero-order chi connectivity index (χ0) is 12.3. The second-order valence-corrected chi connectivity index (χ2v) is 4.04. The molecule has 4 nitrogen and oxygen atoms in total. The van der Waals surface area contributed by atoms with Crippen LogP contribution >= 0.6 is 28.3 Å². The molecule has 1 aromatic carbocycles. The molecule has 7 heteroatoms. The van der Waals surface area contributed by atoms with Crippen LogP contribution < -0.4 is 5.73 Å². The number of rotatable bonds is 3. The van der Waals surface area contributed by atoms with Crippen LogP contribution in [0.25, 0.3) is 0 Å². The number of phenols is 1. The lowest BCUT2D eigenvalue weighted by atomic mass is 10.0. The maximum atomic E-state index is 13.3. The quantitative estimate of drug-likeness (QED) is 0.835. The van der Waals surface area contributed by atoms with Gasteiger partial charge in [0.25, 0.3) is 0 Å². The maximum Gasteiger partial charge on any atom is 0.307 e. The van der Waals surface area contributed by atoms with Crippen LogP contribution in [0.3, 0.4) is 0 Å². The minimum atomic E-state index is -0.796. The number of benzene rings is 1. The number of esters is 1. The van der Waals surface area contributed by atoms with Gasteiger partial charge in [0.2, 0.25) is 0 Å². The molecule has 3 N–H and O–H groups in total. The monoisotopic (exact) mass is 327 g/mol. The minimum Gasteiger partial charge on any atom is -0.505 e. The normalized spacial score (nSPS) is 11.5. The summed E-state index contributed by atoms with van der Waals surface area (Å²) in [5.41, 5.74) is 5.82. The van der Waals surface area contributed by atoms with E-state index in [2.05, 4.69) is 20.7 Å². The van der Waals surface area contributed by atoms with Crippen molar-refractivity contribution < 1.29 is 19.0 Å². The van der Waals surface area contributed by atoms with E-state index >= 15 is 0 Å². The van der Waals surface area contributed by atoms with Gasteiger partial charge in [-0.15, -0.1) is 12.4 Å². The number of carbonyl (C=O) groups is 1. The third-order valence-corrected chi connectivity index (χ3v) is 2.73. The molecule has 1 atom stereocenters. The fraction of sp³-hybridized carbons (Fsp3) is 0.300. The Morgan fingerprint density at radius 1 is 1.65 bits per heavy atom. The molecule has 0 aliphatic rings. The van der Waals surface area contributed by atoms with Crippen LogP contribution in [0.1, 0.15) is 18.0 Å². The summed E-state index contributed by atoms with van der Waals surface area (Å²) in [7, 11) is 1.23. The maximum absolute atomic E-state index is 13.3. The van der Waals surface area contributed by atoms with Gasteiger partial charge in [-0.05, 0) is 22.0 Å². The van der Waals surface area contributed by atoms with Crippen LogP contribution in [0.15, 0.2) is 16.6 Å². The van der Waals surface area contributed by atoms with E-state index in [9.17, 15) is 14.3 Å². The van der Waals surface area contributed by atoms with Crippen LogP contribution in [0, 0.1) is 5.82 Å². The van der Waals surface area contributed by atoms with E-state index in [1.807, 2.05) is 0 Å². The molecule has 0 radical (unpaired) electrons. The lowest BCUT2D eigenvalue weighted by molar-refractivity contribution is -0.141. The summed E-state index contributed by atoms with van der Waals surface area (Å²) in [5, 5.41) is 9.50. The average molecular weight is 329 g/mol. The second kappa shape index (κ2) is 6.78. The number of halogens is 3. The number of methoxy groups -OCH3 is 1. The Labute approximate surface area is 112 Å². The van der Waals surface area contributed by atoms with Gasteiger partial charge >= 0.3 is 5.97 Å². The molecule has 0 saturated heterocycles. The van der Waals surface area contributed by atoms with Gasteiger partial charge in [0.1, 0.15) is 0 Å². The summed E-state index contributed by atoms with van der Waals surface area (Å²) < 4.78 is 17.9. The molecule has 0 bridgehead atoms. The van der Waals surface area contributed by atoms with Crippen molar-refractivity contribution in [3.05, 3.63) is 28.0 Å². The van der Waals surface area contributed by atoms with Crippen molar-refractivity contribution in [3.8, 4) is 5.75 Å². The molecule has 0 fully saturated rings. The van der Waals surface area contributed by atoms with Crippen LogP contribution in [-0.2, 0) is 9.53 Å². The van der Waals surface area contributed by atoms with Gasteiger partial charge in [-0.3, -0.25) is 4.79 Å². The molecule has 0 aliphatic heterocycles. The van der Waals surface area contributed by atoms with Gasteiger partial charge in [0.05, 0.1) is 18.0 Å². The largest absolute Gasteiger partial charge is 0.505 e. The molecule has 0 aliphatic carbocycles. The Kier molecular flexibility index (Phi) is 6.44. The average Bonchev–Trinajstić information content (AvgIpc) is 2.25. The summed E-state index contributed by atoms with van der Waals surface area (Å²) in [6.45, 7) is 0. The third kappa shape index (κ3) is 3.83. The highest BCUT2D eigenvalue weighted by atomic mass is 79.9. The predicted molar refractivity (Wildman–Crippen MR) is 66.6 cm³/mol. The zero-order valence-corrected chi connectivity index (χ0v) is 11.3. The number of hydrogen-bond donors (Lipinski definition) is 2. The predicted octanol–water partition coefficient (Wildman–Crippen LogP) is 2.28. The van der Waals surface area contributed by atoms with Gasteiger partial charge in [0, 0.05) is 11.6 Å². The van der Waals surface area contributed by atoms with Crippen molar-refractivity contribution in [1.82, 2.24) is 0 Å². The molecule has 0 spiro atoms. The van der Waals surface area contributed by atoms with E-state index in [1.165, 1.54) is 19.2 Å².